The predicted molar refractivity (Wildman–Crippen MR) is 156 cm³/mol. The van der Waals surface area contributed by atoms with Crippen molar-refractivity contribution in [2.45, 2.75) is 7.68 Å². The summed E-state index contributed by atoms with van der Waals surface area (Å²) in [6.07, 6.45) is 0. The lowest BCUT2D eigenvalue weighted by molar-refractivity contribution is 0.520. The summed E-state index contributed by atoms with van der Waals surface area (Å²) in [5, 5.41) is 1.15. The largest absolute Gasteiger partial charge is 0.317 e. The van der Waals surface area contributed by atoms with Gasteiger partial charge in [0, 0.05) is 5.56 Å². The Morgan fingerprint density at radius 2 is 1.00 bits per heavy atom. The molecule has 0 heterocycles. The van der Waals surface area contributed by atoms with Gasteiger partial charge in [-0.05, 0) is 22.8 Å². The number of alkyl halides is 3. The van der Waals surface area contributed by atoms with Crippen LogP contribution >= 0.6 is 82.6 Å². The van der Waals surface area contributed by atoms with Gasteiger partial charge in [0.1, 0.15) is 5.54 Å². The number of hydrogen-bond acceptors (Lipinski definition) is 2. The summed E-state index contributed by atoms with van der Waals surface area (Å²) in [4.78, 5) is 0. The van der Waals surface area contributed by atoms with E-state index in [0.717, 1.165) is 16.7 Å². The fourth-order valence-corrected chi connectivity index (χ4v) is 6.96. The fourth-order valence-electron chi connectivity index (χ4n) is 3.90. The zero-order chi connectivity index (χ0) is 24.3. The van der Waals surface area contributed by atoms with E-state index < -0.39 is 7.68 Å². The second-order valence-electron chi connectivity index (χ2n) is 7.50. The Bertz CT molecular complexity index is 1170. The van der Waals surface area contributed by atoms with E-state index in [4.69, 9.17) is 34.8 Å². The third kappa shape index (κ3) is 5.22. The van der Waals surface area contributed by atoms with Crippen molar-refractivity contribution in [1.82, 2.24) is 5.43 Å². The van der Waals surface area contributed by atoms with E-state index in [1.54, 1.807) is 6.07 Å². The van der Waals surface area contributed by atoms with Crippen LogP contribution in [0.1, 0.15) is 22.3 Å². The van der Waals surface area contributed by atoms with Gasteiger partial charge in [0.2, 0.25) is 0 Å². The molecule has 4 rings (SSSR count). The normalized spacial score (nSPS) is 11.9. The number of halogens is 6. The number of rotatable bonds is 6. The molecular formula is C26H18Br3Cl3N2. The second-order valence-corrected chi connectivity index (χ2v) is 15.5. The molecule has 2 N–H and O–H groups in total. The van der Waals surface area contributed by atoms with Gasteiger partial charge in [-0.25, -0.2) is 5.43 Å². The Morgan fingerprint density at radius 3 is 1.38 bits per heavy atom. The molecule has 0 aromatic heterocycles. The Balaban J connectivity index is 1.91. The van der Waals surface area contributed by atoms with Crippen molar-refractivity contribution < 1.29 is 0 Å². The maximum Gasteiger partial charge on any atom is 0.162 e. The Morgan fingerprint density at radius 1 is 0.588 bits per heavy atom. The van der Waals surface area contributed by atoms with E-state index in [9.17, 15) is 0 Å². The summed E-state index contributed by atoms with van der Waals surface area (Å²) >= 11 is 30.4. The van der Waals surface area contributed by atoms with Crippen molar-refractivity contribution in [1.29, 1.82) is 0 Å². The maximum absolute atomic E-state index is 6.81. The number of hydrogen-bond donors (Lipinski definition) is 2. The molecule has 0 aliphatic rings. The van der Waals surface area contributed by atoms with Gasteiger partial charge in [-0.2, -0.15) is 0 Å². The van der Waals surface area contributed by atoms with Crippen LogP contribution in [0.4, 0.5) is 5.69 Å². The van der Waals surface area contributed by atoms with E-state index in [2.05, 4.69) is 95.0 Å². The molecule has 0 amide bonds. The third-order valence-corrected chi connectivity index (χ3v) is 7.61. The van der Waals surface area contributed by atoms with Gasteiger partial charge in [0.25, 0.3) is 0 Å². The van der Waals surface area contributed by atoms with E-state index >= 15 is 0 Å². The van der Waals surface area contributed by atoms with E-state index in [1.165, 1.54) is 0 Å². The molecule has 0 spiro atoms. The summed E-state index contributed by atoms with van der Waals surface area (Å²) in [5.41, 5.74) is 10.3. The van der Waals surface area contributed by atoms with Crippen LogP contribution in [-0.4, -0.2) is 0 Å². The summed E-state index contributed by atoms with van der Waals surface area (Å²) in [7, 11) is 0. The van der Waals surface area contributed by atoms with Crippen LogP contribution in [0.5, 0.6) is 0 Å². The third-order valence-electron chi connectivity index (χ3n) is 5.45. The quantitative estimate of drug-likeness (QED) is 0.119. The molecule has 0 saturated carbocycles. The molecular weight excluding hydrogens is 686 g/mol. The van der Waals surface area contributed by atoms with Crippen molar-refractivity contribution in [3.8, 4) is 0 Å². The molecule has 0 radical (unpaired) electrons. The molecule has 0 bridgehead atoms. The molecule has 0 atom stereocenters. The summed E-state index contributed by atoms with van der Waals surface area (Å²) in [5.74, 6) is 0. The van der Waals surface area contributed by atoms with Crippen LogP contribution in [0.15, 0.2) is 97.1 Å². The average Bonchev–Trinajstić information content (AvgIpc) is 2.82. The summed E-state index contributed by atoms with van der Waals surface area (Å²) < 4.78 is -0.822. The number of hydrazine groups is 1. The molecule has 0 fully saturated rings. The molecule has 0 unspecified atom stereocenters. The van der Waals surface area contributed by atoms with Crippen molar-refractivity contribution >= 4 is 88.3 Å². The lowest BCUT2D eigenvalue weighted by Gasteiger charge is -2.37. The van der Waals surface area contributed by atoms with E-state index in [0.29, 0.717) is 26.3 Å². The van der Waals surface area contributed by atoms with Gasteiger partial charge in [0.05, 0.1) is 20.8 Å². The standard InChI is InChI=1S/C26H18Br3Cl3N2/c27-26(28,29)22-20(30)16-21(31)24(23(22)32)33-34-25(17-10-4-1-5-11-17,18-12-6-2-7-13-18)19-14-8-3-9-15-19/h1-16,33-34H. The van der Waals surface area contributed by atoms with Crippen LogP contribution in [0.3, 0.4) is 0 Å². The summed E-state index contributed by atoms with van der Waals surface area (Å²) in [6.45, 7) is 0. The highest BCUT2D eigenvalue weighted by atomic mass is 80.0. The Labute approximate surface area is 239 Å². The smallest absolute Gasteiger partial charge is 0.162 e. The molecule has 4 aromatic carbocycles. The zero-order valence-electron chi connectivity index (χ0n) is 17.5. The first kappa shape index (κ1) is 26.0. The van der Waals surface area contributed by atoms with Gasteiger partial charge in [-0.1, -0.05) is 174 Å². The topological polar surface area (TPSA) is 24.1 Å². The lowest BCUT2D eigenvalue weighted by Crippen LogP contribution is -2.47. The highest BCUT2D eigenvalue weighted by molar-refractivity contribution is 9.38. The Hall–Kier alpha value is -1.05. The molecule has 0 aliphatic heterocycles. The minimum Gasteiger partial charge on any atom is -0.317 e. The molecule has 174 valence electrons. The molecule has 0 saturated heterocycles. The minimum absolute atomic E-state index is 0.360. The molecule has 0 aliphatic carbocycles. The van der Waals surface area contributed by atoms with Crippen molar-refractivity contribution in [3.63, 3.8) is 0 Å². The SMILES string of the molecule is Clc1cc(Cl)c(C(Br)(Br)Br)c(Cl)c1NNC(c1ccccc1)(c1ccccc1)c1ccccc1. The Kier molecular flexibility index (Phi) is 8.36. The predicted octanol–water partition coefficient (Wildman–Crippen LogP) is 9.85. The number of nitrogens with one attached hydrogen (secondary N) is 2. The highest BCUT2D eigenvalue weighted by Crippen LogP contribution is 2.53. The van der Waals surface area contributed by atoms with Gasteiger partial charge in [-0.15, -0.1) is 0 Å². The first-order chi connectivity index (χ1) is 16.2. The monoisotopic (exact) mass is 700 g/mol. The first-order valence-corrected chi connectivity index (χ1v) is 13.7. The molecule has 34 heavy (non-hydrogen) atoms. The van der Waals surface area contributed by atoms with Crippen molar-refractivity contribution in [2.75, 3.05) is 5.43 Å². The van der Waals surface area contributed by atoms with Crippen LogP contribution in [0.2, 0.25) is 15.1 Å². The molecule has 4 aromatic rings. The van der Waals surface area contributed by atoms with Gasteiger partial charge in [0.15, 0.2) is 2.14 Å². The van der Waals surface area contributed by atoms with E-state index in [-0.39, 0.29) is 0 Å². The second kappa shape index (κ2) is 10.9. The summed E-state index contributed by atoms with van der Waals surface area (Å²) in [6, 6.07) is 32.3. The first-order valence-electron chi connectivity index (χ1n) is 10.2. The van der Waals surface area contributed by atoms with Crippen LogP contribution < -0.4 is 10.9 Å². The van der Waals surface area contributed by atoms with Crippen LogP contribution in [-0.2, 0) is 7.68 Å². The number of benzene rings is 4. The van der Waals surface area contributed by atoms with Crippen LogP contribution in [0.25, 0.3) is 0 Å². The molecule has 2 nitrogen and oxygen atoms in total. The van der Waals surface area contributed by atoms with E-state index in [1.807, 2.05) is 54.6 Å². The van der Waals surface area contributed by atoms with Crippen LogP contribution in [0, 0.1) is 0 Å². The van der Waals surface area contributed by atoms with Gasteiger partial charge < -0.3 is 5.43 Å². The number of anilines is 1. The zero-order valence-corrected chi connectivity index (χ0v) is 24.5. The molecule has 8 heteroatoms. The fraction of sp³-hybridized carbons (Fsp3) is 0.0769. The minimum atomic E-state index is -0.822. The lowest BCUT2D eigenvalue weighted by atomic mass is 9.77. The average molecular weight is 705 g/mol. The van der Waals surface area contributed by atoms with Gasteiger partial charge >= 0.3 is 0 Å². The highest BCUT2D eigenvalue weighted by Gasteiger charge is 2.37. The van der Waals surface area contributed by atoms with Gasteiger partial charge in [-0.3, -0.25) is 0 Å². The van der Waals surface area contributed by atoms with Crippen molar-refractivity contribution in [2.24, 2.45) is 0 Å². The van der Waals surface area contributed by atoms with Crippen molar-refractivity contribution in [3.05, 3.63) is 134 Å². The maximum atomic E-state index is 6.81.